The molecule has 2 fully saturated rings. The first kappa shape index (κ1) is 13.1. The predicted octanol–water partition coefficient (Wildman–Crippen LogP) is 1.54. The van der Waals surface area contributed by atoms with Crippen LogP contribution in [0.15, 0.2) is 12.1 Å². The lowest BCUT2D eigenvalue weighted by Crippen LogP contribution is -2.72. The van der Waals surface area contributed by atoms with Crippen LogP contribution in [0.2, 0.25) is 0 Å². The summed E-state index contributed by atoms with van der Waals surface area (Å²) in [7, 11) is 0. The van der Waals surface area contributed by atoms with Gasteiger partial charge in [-0.05, 0) is 31.4 Å². The van der Waals surface area contributed by atoms with Crippen LogP contribution in [0.3, 0.4) is 0 Å². The number of amides is 1. The number of fused-ring (bicyclic) bond motifs is 1. The van der Waals surface area contributed by atoms with Crippen LogP contribution in [-0.4, -0.2) is 30.7 Å². The van der Waals surface area contributed by atoms with Crippen molar-refractivity contribution in [3.63, 3.8) is 0 Å². The lowest BCUT2D eigenvalue weighted by atomic mass is 9.68. The van der Waals surface area contributed by atoms with Gasteiger partial charge in [-0.1, -0.05) is 6.92 Å². The van der Waals surface area contributed by atoms with Crippen molar-refractivity contribution in [1.29, 1.82) is 0 Å². The molecular formula is C14H20N2O2S. The van der Waals surface area contributed by atoms with E-state index in [0.717, 1.165) is 30.7 Å². The molecule has 1 amide bonds. The lowest BCUT2D eigenvalue weighted by molar-refractivity contribution is -0.117. The zero-order chi connectivity index (χ0) is 13.4. The van der Waals surface area contributed by atoms with E-state index in [0.29, 0.717) is 5.92 Å². The molecule has 1 saturated heterocycles. The second kappa shape index (κ2) is 5.23. The van der Waals surface area contributed by atoms with E-state index >= 15 is 0 Å². The van der Waals surface area contributed by atoms with Crippen molar-refractivity contribution in [1.82, 2.24) is 5.32 Å². The van der Waals surface area contributed by atoms with Crippen molar-refractivity contribution in [2.45, 2.75) is 44.4 Å². The Morgan fingerprint density at radius 1 is 1.58 bits per heavy atom. The largest absolute Gasteiger partial charge is 0.376 e. The molecule has 0 spiro atoms. The van der Waals surface area contributed by atoms with E-state index in [1.807, 2.05) is 12.1 Å². The van der Waals surface area contributed by atoms with Gasteiger partial charge in [0.1, 0.15) is 0 Å². The van der Waals surface area contributed by atoms with Gasteiger partial charge in [0, 0.05) is 23.4 Å². The number of carbonyl (C=O) groups is 1. The second-order valence-electron chi connectivity index (χ2n) is 5.34. The van der Waals surface area contributed by atoms with Crippen molar-refractivity contribution in [3.8, 4) is 0 Å². The van der Waals surface area contributed by atoms with Gasteiger partial charge in [-0.25, -0.2) is 0 Å². The van der Waals surface area contributed by atoms with Gasteiger partial charge in [-0.3, -0.25) is 4.79 Å². The fraction of sp³-hybridized carbons (Fsp3) is 0.643. The summed E-state index contributed by atoms with van der Waals surface area (Å²) in [6.07, 6.45) is 3.30. The van der Waals surface area contributed by atoms with Crippen molar-refractivity contribution < 1.29 is 9.53 Å². The van der Waals surface area contributed by atoms with Gasteiger partial charge in [0.25, 0.3) is 5.91 Å². The Labute approximate surface area is 117 Å². The molecule has 1 saturated carbocycles. The first-order valence-electron chi connectivity index (χ1n) is 6.97. The van der Waals surface area contributed by atoms with E-state index in [1.54, 1.807) is 11.3 Å². The van der Waals surface area contributed by atoms with Gasteiger partial charge in [0.2, 0.25) is 0 Å². The number of carbonyl (C=O) groups excluding carboxylic acids is 1. The minimum Gasteiger partial charge on any atom is -0.376 e. The summed E-state index contributed by atoms with van der Waals surface area (Å²) >= 11 is 1.55. The van der Waals surface area contributed by atoms with Gasteiger partial charge in [0.05, 0.1) is 17.0 Å². The molecule has 0 aromatic carbocycles. The maximum absolute atomic E-state index is 12.2. The third-order valence-electron chi connectivity index (χ3n) is 4.21. The van der Waals surface area contributed by atoms with Gasteiger partial charge in [-0.2, -0.15) is 0 Å². The number of hydrogen-bond acceptors (Lipinski definition) is 4. The van der Waals surface area contributed by atoms with Crippen LogP contribution in [0.25, 0.3) is 0 Å². The second-order valence-corrected chi connectivity index (χ2v) is 6.51. The van der Waals surface area contributed by atoms with E-state index in [2.05, 4.69) is 12.2 Å². The van der Waals surface area contributed by atoms with Crippen LogP contribution in [0, 0.1) is 5.92 Å². The molecule has 4 nitrogen and oxygen atoms in total. The van der Waals surface area contributed by atoms with Gasteiger partial charge in [0.15, 0.2) is 0 Å². The van der Waals surface area contributed by atoms with Gasteiger partial charge in [-0.15, -0.1) is 11.3 Å². The number of hydrogen-bond donors (Lipinski definition) is 2. The summed E-state index contributed by atoms with van der Waals surface area (Å²) in [5.74, 6) is 0.409. The Morgan fingerprint density at radius 3 is 3.16 bits per heavy atom. The zero-order valence-corrected chi connectivity index (χ0v) is 11.9. The van der Waals surface area contributed by atoms with Crippen LogP contribution in [0.5, 0.6) is 0 Å². The van der Waals surface area contributed by atoms with Crippen LogP contribution < -0.4 is 11.1 Å². The minimum atomic E-state index is -0.0232. The number of nitrogens with one attached hydrogen (secondary N) is 1. The number of nitrogens with two attached hydrogens (primary N) is 1. The molecule has 1 aliphatic heterocycles. The third-order valence-corrected chi connectivity index (χ3v) is 5.44. The monoisotopic (exact) mass is 280 g/mol. The lowest BCUT2D eigenvalue weighted by Gasteiger charge is -2.52. The highest BCUT2D eigenvalue weighted by molar-refractivity contribution is 7.14. The summed E-state index contributed by atoms with van der Waals surface area (Å²) in [6, 6.07) is 3.92. The molecule has 0 bridgehead atoms. The molecule has 4 unspecified atom stereocenters. The molecule has 4 atom stereocenters. The highest BCUT2D eigenvalue weighted by atomic mass is 32.1. The fourth-order valence-corrected chi connectivity index (χ4v) is 3.89. The standard InChI is InChI=1S/C14H20N2O2S/c1-2-8-5-6-10(19-8)14(17)16-12-11(15)9-4-3-7-18-13(9)12/h5-6,9,11-13H,2-4,7,15H2,1H3,(H,16,17). The fourth-order valence-electron chi connectivity index (χ4n) is 3.04. The summed E-state index contributed by atoms with van der Waals surface area (Å²) in [5.41, 5.74) is 6.14. The summed E-state index contributed by atoms with van der Waals surface area (Å²) in [6.45, 7) is 2.88. The van der Waals surface area contributed by atoms with Gasteiger partial charge >= 0.3 is 0 Å². The Morgan fingerprint density at radius 2 is 2.42 bits per heavy atom. The topological polar surface area (TPSA) is 64.4 Å². The normalized spacial score (nSPS) is 33.4. The highest BCUT2D eigenvalue weighted by Gasteiger charge is 2.51. The first-order chi connectivity index (χ1) is 9.20. The smallest absolute Gasteiger partial charge is 0.261 e. The summed E-state index contributed by atoms with van der Waals surface area (Å²) in [5, 5.41) is 3.04. The predicted molar refractivity (Wildman–Crippen MR) is 75.4 cm³/mol. The molecule has 3 rings (SSSR count). The average molecular weight is 280 g/mol. The minimum absolute atomic E-state index is 0.0160. The maximum atomic E-state index is 12.2. The highest BCUT2D eigenvalue weighted by Crippen LogP contribution is 2.37. The van der Waals surface area contributed by atoms with Crippen LogP contribution in [-0.2, 0) is 11.2 Å². The average Bonchev–Trinajstić information content (AvgIpc) is 2.93. The summed E-state index contributed by atoms with van der Waals surface area (Å²) < 4.78 is 5.73. The molecule has 5 heteroatoms. The molecular weight excluding hydrogens is 260 g/mol. The number of ether oxygens (including phenoxy) is 1. The first-order valence-corrected chi connectivity index (χ1v) is 7.79. The molecule has 1 aliphatic carbocycles. The van der Waals surface area contributed by atoms with E-state index in [9.17, 15) is 4.79 Å². The van der Waals surface area contributed by atoms with E-state index in [4.69, 9.17) is 10.5 Å². The number of rotatable bonds is 3. The Bertz CT molecular complexity index is 474. The Hall–Kier alpha value is -0.910. The van der Waals surface area contributed by atoms with Crippen LogP contribution >= 0.6 is 11.3 Å². The molecule has 1 aromatic heterocycles. The van der Waals surface area contributed by atoms with Gasteiger partial charge < -0.3 is 15.8 Å². The van der Waals surface area contributed by atoms with Crippen LogP contribution in [0.1, 0.15) is 34.3 Å². The van der Waals surface area contributed by atoms with Crippen molar-refractivity contribution in [2.75, 3.05) is 6.61 Å². The Balaban J connectivity index is 1.63. The summed E-state index contributed by atoms with van der Waals surface area (Å²) in [4.78, 5) is 14.2. The number of aryl methyl sites for hydroxylation is 1. The Kier molecular flexibility index (Phi) is 3.60. The zero-order valence-electron chi connectivity index (χ0n) is 11.1. The van der Waals surface area contributed by atoms with E-state index in [-0.39, 0.29) is 24.1 Å². The maximum Gasteiger partial charge on any atom is 0.261 e. The molecule has 1 aromatic rings. The van der Waals surface area contributed by atoms with Crippen LogP contribution in [0.4, 0.5) is 0 Å². The SMILES string of the molecule is CCc1ccc(C(=O)NC2C(N)C3CCCOC32)s1. The van der Waals surface area contributed by atoms with E-state index in [1.165, 1.54) is 4.88 Å². The quantitative estimate of drug-likeness (QED) is 0.883. The van der Waals surface area contributed by atoms with Crippen molar-refractivity contribution >= 4 is 17.2 Å². The third kappa shape index (κ3) is 2.30. The molecule has 19 heavy (non-hydrogen) atoms. The molecule has 3 N–H and O–H groups in total. The molecule has 104 valence electrons. The number of thiophene rings is 1. The van der Waals surface area contributed by atoms with E-state index < -0.39 is 0 Å². The molecule has 2 heterocycles. The van der Waals surface area contributed by atoms with Crippen molar-refractivity contribution in [3.05, 3.63) is 21.9 Å². The molecule has 0 radical (unpaired) electrons. The van der Waals surface area contributed by atoms with Crippen molar-refractivity contribution in [2.24, 2.45) is 11.7 Å². The molecule has 2 aliphatic rings.